The molecule has 1 amide bonds. The number of hydrogen-bond acceptors (Lipinski definition) is 4. The average Bonchev–Trinajstić information content (AvgIpc) is 2.66. The van der Waals surface area contributed by atoms with Gasteiger partial charge in [0.1, 0.15) is 6.61 Å². The van der Waals surface area contributed by atoms with Crippen molar-refractivity contribution in [3.05, 3.63) is 35.9 Å². The van der Waals surface area contributed by atoms with Gasteiger partial charge in [0.15, 0.2) is 0 Å². The second kappa shape index (κ2) is 5.15. The fourth-order valence-corrected chi connectivity index (χ4v) is 4.72. The van der Waals surface area contributed by atoms with E-state index in [0.29, 0.717) is 12.4 Å². The van der Waals surface area contributed by atoms with Crippen LogP contribution < -0.4 is 9.98 Å². The van der Waals surface area contributed by atoms with Crippen LogP contribution >= 0.6 is 18.5 Å². The standard InChI is InChI=1S/C10H12NO3PS/c12-10(8-9-4-2-1-3-5-9)11-15(13)14-6-7-16-15/h1-5H,6-8H2,(H,11,12,13). The first-order chi connectivity index (χ1) is 7.68. The van der Waals surface area contributed by atoms with E-state index >= 15 is 0 Å². The first-order valence-electron chi connectivity index (χ1n) is 4.92. The lowest BCUT2D eigenvalue weighted by Gasteiger charge is -2.20. The maximum Gasteiger partial charge on any atom is 0.259 e. The van der Waals surface area contributed by atoms with Gasteiger partial charge in [-0.15, -0.1) is 0 Å². The van der Waals surface area contributed by atoms with E-state index in [1.165, 1.54) is 11.4 Å². The molecule has 6 heteroatoms. The second-order valence-electron chi connectivity index (χ2n) is 3.36. The van der Waals surface area contributed by atoms with Crippen LogP contribution in [0.3, 0.4) is 0 Å². The highest BCUT2D eigenvalue weighted by molar-refractivity contribution is 8.58. The van der Waals surface area contributed by atoms with E-state index in [9.17, 15) is 9.69 Å². The number of rotatable bonds is 3. The molecule has 0 radical (unpaired) electrons. The Balaban J connectivity index is 1.89. The molecule has 1 aromatic rings. The number of hydrogen-bond donors (Lipinski definition) is 1. The van der Waals surface area contributed by atoms with E-state index in [-0.39, 0.29) is 12.3 Å². The highest BCUT2D eigenvalue weighted by Crippen LogP contribution is 2.63. The summed E-state index contributed by atoms with van der Waals surface area (Å²) in [6.45, 7) is 0.438. The van der Waals surface area contributed by atoms with Gasteiger partial charge in [0, 0.05) is 0 Å². The van der Waals surface area contributed by atoms with Crippen molar-refractivity contribution in [3.8, 4) is 0 Å². The van der Waals surface area contributed by atoms with Crippen molar-refractivity contribution in [2.24, 2.45) is 0 Å². The molecule has 2 rings (SSSR count). The zero-order valence-electron chi connectivity index (χ0n) is 8.59. The first kappa shape index (κ1) is 11.9. The summed E-state index contributed by atoms with van der Waals surface area (Å²) in [6, 6.07) is 9.34. The van der Waals surface area contributed by atoms with Gasteiger partial charge in [-0.3, -0.25) is 4.79 Å². The lowest BCUT2D eigenvalue weighted by Crippen LogP contribution is -2.29. The zero-order valence-corrected chi connectivity index (χ0v) is 10.3. The maximum absolute atomic E-state index is 11.8. The summed E-state index contributed by atoms with van der Waals surface area (Å²) in [5, 5.41) is 2.46. The van der Waals surface area contributed by atoms with Crippen LogP contribution in [0.25, 0.3) is 0 Å². The van der Waals surface area contributed by atoms with Gasteiger partial charge in [-0.2, -0.15) is 5.09 Å². The quantitative estimate of drug-likeness (QED) is 0.825. The molecule has 1 N–H and O–H groups in total. The monoisotopic (exact) mass is 257 g/mol. The van der Waals surface area contributed by atoms with Crippen LogP contribution in [0.5, 0.6) is 0 Å². The van der Waals surface area contributed by atoms with Crippen LogP contribution in [0, 0.1) is 0 Å². The van der Waals surface area contributed by atoms with Crippen molar-refractivity contribution in [1.29, 1.82) is 0 Å². The van der Waals surface area contributed by atoms with Crippen LogP contribution in [0.1, 0.15) is 5.56 Å². The predicted octanol–water partition coefficient (Wildman–Crippen LogP) is 1.15. The summed E-state index contributed by atoms with van der Waals surface area (Å²) in [6.07, 6.45) is 0.231. The molecule has 1 atom stereocenters. The van der Waals surface area contributed by atoms with Gasteiger partial charge in [0.05, 0.1) is 23.6 Å². The normalized spacial score (nSPS) is 24.3. The Morgan fingerprint density at radius 3 is 2.88 bits per heavy atom. The fourth-order valence-electron chi connectivity index (χ4n) is 1.39. The molecule has 1 aliphatic heterocycles. The number of amides is 1. The summed E-state index contributed by atoms with van der Waals surface area (Å²) < 4.78 is 5.04. The van der Waals surface area contributed by atoms with Crippen molar-refractivity contribution >= 4 is 24.4 Å². The molecule has 0 aliphatic carbocycles. The second-order valence-corrected chi connectivity index (χ2v) is 7.72. The minimum absolute atomic E-state index is 0.231. The topological polar surface area (TPSA) is 61.4 Å². The minimum atomic E-state index is -2.95. The van der Waals surface area contributed by atoms with Gasteiger partial charge in [-0.25, -0.2) is 4.52 Å². The molecule has 1 heterocycles. The number of carbonyl (C=O) groups is 1. The molecule has 0 bridgehead atoms. The minimum Gasteiger partial charge on any atom is -0.627 e. The van der Waals surface area contributed by atoms with Gasteiger partial charge in [-0.05, 0) is 5.56 Å². The Labute approximate surface area is 98.7 Å². The van der Waals surface area contributed by atoms with Crippen molar-refractivity contribution in [3.63, 3.8) is 0 Å². The summed E-state index contributed by atoms with van der Waals surface area (Å²) in [4.78, 5) is 23.4. The molecule has 1 fully saturated rings. The van der Waals surface area contributed by atoms with Crippen molar-refractivity contribution in [1.82, 2.24) is 5.09 Å². The zero-order chi connectivity index (χ0) is 11.4. The van der Waals surface area contributed by atoms with Crippen LogP contribution in [-0.2, 0) is 15.7 Å². The van der Waals surface area contributed by atoms with Gasteiger partial charge < -0.3 is 4.89 Å². The summed E-state index contributed by atoms with van der Waals surface area (Å²) >= 11 is 1.18. The van der Waals surface area contributed by atoms with Crippen molar-refractivity contribution in [2.75, 3.05) is 12.4 Å². The van der Waals surface area contributed by atoms with E-state index < -0.39 is 7.07 Å². The fraction of sp³-hybridized carbons (Fsp3) is 0.300. The Hall–Kier alpha value is -0.610. The molecule has 1 aliphatic rings. The molecule has 86 valence electrons. The Bertz CT molecular complexity index is 368. The van der Waals surface area contributed by atoms with Crippen LogP contribution in [0.4, 0.5) is 0 Å². The highest BCUT2D eigenvalue weighted by Gasteiger charge is 2.37. The van der Waals surface area contributed by atoms with Crippen molar-refractivity contribution in [2.45, 2.75) is 6.42 Å². The summed E-state index contributed by atoms with van der Waals surface area (Å²) in [5.74, 6) is 0.409. The first-order valence-corrected chi connectivity index (χ1v) is 8.14. The average molecular weight is 257 g/mol. The molecule has 0 saturated carbocycles. The van der Waals surface area contributed by atoms with Crippen LogP contribution in [0.15, 0.2) is 30.3 Å². The van der Waals surface area contributed by atoms with E-state index in [4.69, 9.17) is 4.52 Å². The number of benzene rings is 1. The van der Waals surface area contributed by atoms with Crippen LogP contribution in [-0.4, -0.2) is 18.3 Å². The molecule has 1 saturated heterocycles. The molecule has 4 nitrogen and oxygen atoms in total. The van der Waals surface area contributed by atoms with E-state index in [2.05, 4.69) is 5.09 Å². The third-order valence-corrected chi connectivity index (χ3v) is 5.97. The van der Waals surface area contributed by atoms with E-state index in [0.717, 1.165) is 5.56 Å². The summed E-state index contributed by atoms with van der Waals surface area (Å²) in [7, 11) is -2.95. The Morgan fingerprint density at radius 1 is 1.50 bits per heavy atom. The molecule has 0 aromatic heterocycles. The Kier molecular flexibility index (Phi) is 3.82. The highest BCUT2D eigenvalue weighted by atomic mass is 32.7. The predicted molar refractivity (Wildman–Crippen MR) is 63.6 cm³/mol. The van der Waals surface area contributed by atoms with Crippen molar-refractivity contribution < 1.29 is 14.2 Å². The molecule has 16 heavy (non-hydrogen) atoms. The molecular weight excluding hydrogens is 245 g/mol. The molecule has 0 spiro atoms. The molecule has 1 unspecified atom stereocenters. The third-order valence-electron chi connectivity index (χ3n) is 2.07. The number of nitrogens with one attached hydrogen (secondary N) is 1. The molecule has 1 aromatic carbocycles. The lowest BCUT2D eigenvalue weighted by atomic mass is 10.1. The lowest BCUT2D eigenvalue weighted by molar-refractivity contribution is -0.186. The van der Waals surface area contributed by atoms with Gasteiger partial charge in [0.25, 0.3) is 13.0 Å². The smallest absolute Gasteiger partial charge is 0.259 e. The van der Waals surface area contributed by atoms with Crippen LogP contribution in [0.2, 0.25) is 0 Å². The van der Waals surface area contributed by atoms with E-state index in [1.54, 1.807) is 0 Å². The van der Waals surface area contributed by atoms with Gasteiger partial charge >= 0.3 is 0 Å². The molecular formula is C10H12NO3PS. The number of carbonyl (C=O) groups excluding carboxylic acids is 1. The van der Waals surface area contributed by atoms with E-state index in [1.807, 2.05) is 30.3 Å². The van der Waals surface area contributed by atoms with Gasteiger partial charge in [-0.1, -0.05) is 30.3 Å². The largest absolute Gasteiger partial charge is 0.627 e. The SMILES string of the molecule is O=C(Cc1ccccc1)N[P+]1([O-])OCCS1. The van der Waals surface area contributed by atoms with Gasteiger partial charge in [0.2, 0.25) is 0 Å². The maximum atomic E-state index is 11.8. The third kappa shape index (κ3) is 3.19. The summed E-state index contributed by atoms with van der Waals surface area (Å²) in [5.41, 5.74) is 0.899. The Morgan fingerprint density at radius 2 is 2.25 bits per heavy atom.